The first kappa shape index (κ1) is 17.5. The van der Waals surface area contributed by atoms with Gasteiger partial charge in [-0.15, -0.1) is 0 Å². The normalized spacial score (nSPS) is 17.1. The molecule has 2 aromatic heterocycles. The van der Waals surface area contributed by atoms with Gasteiger partial charge in [0.2, 0.25) is 5.76 Å². The monoisotopic (exact) mass is 391 g/mol. The minimum atomic E-state index is -0.270. The molecule has 8 heteroatoms. The van der Waals surface area contributed by atoms with Crippen LogP contribution in [0.15, 0.2) is 22.7 Å². The van der Waals surface area contributed by atoms with E-state index in [1.165, 1.54) is 11.3 Å². The molecule has 1 saturated heterocycles. The lowest BCUT2D eigenvalue weighted by molar-refractivity contribution is 0.0887. The maximum absolute atomic E-state index is 13.1. The highest BCUT2D eigenvalue weighted by Gasteiger charge is 2.29. The van der Waals surface area contributed by atoms with E-state index in [1.807, 2.05) is 19.1 Å². The molecule has 3 heterocycles. The Morgan fingerprint density at radius 3 is 2.92 bits per heavy atom. The summed E-state index contributed by atoms with van der Waals surface area (Å²) in [6.45, 7) is 4.91. The number of fused-ring (bicyclic) bond motifs is 1. The standard InChI is InChI=1S/C18H18ClN3O3S/c1-10-5-6-13(19)16-15(10)20-18(26-16)22(9-12-4-3-7-24-12)17(23)14-8-11(2)21-25-14/h5-6,8,12H,3-4,7,9H2,1-2H3. The highest BCUT2D eigenvalue weighted by atomic mass is 35.5. The SMILES string of the molecule is Cc1cc(C(=O)N(CC2CCCO2)c2nc3c(C)ccc(Cl)c3s2)on1. The van der Waals surface area contributed by atoms with Crippen molar-refractivity contribution in [2.75, 3.05) is 18.1 Å². The van der Waals surface area contributed by atoms with Crippen molar-refractivity contribution in [3.05, 3.63) is 40.2 Å². The van der Waals surface area contributed by atoms with Crippen molar-refractivity contribution >= 4 is 44.2 Å². The first-order valence-corrected chi connectivity index (χ1v) is 9.65. The second-order valence-electron chi connectivity index (χ2n) is 6.42. The van der Waals surface area contributed by atoms with Crippen LogP contribution in [0.4, 0.5) is 5.13 Å². The van der Waals surface area contributed by atoms with Crippen molar-refractivity contribution in [2.45, 2.75) is 32.8 Å². The molecule has 1 amide bonds. The van der Waals surface area contributed by atoms with Crippen molar-refractivity contribution in [3.8, 4) is 0 Å². The summed E-state index contributed by atoms with van der Waals surface area (Å²) in [5, 5.41) is 5.05. The number of halogens is 1. The summed E-state index contributed by atoms with van der Waals surface area (Å²) in [4.78, 5) is 19.4. The molecule has 1 aromatic carbocycles. The summed E-state index contributed by atoms with van der Waals surface area (Å²) in [7, 11) is 0. The van der Waals surface area contributed by atoms with Crippen LogP contribution in [-0.2, 0) is 4.74 Å². The predicted molar refractivity (Wildman–Crippen MR) is 101 cm³/mol. The van der Waals surface area contributed by atoms with Gasteiger partial charge in [-0.3, -0.25) is 9.69 Å². The Kier molecular flexibility index (Phi) is 4.69. The number of nitrogens with zero attached hydrogens (tertiary/aromatic N) is 3. The topological polar surface area (TPSA) is 68.5 Å². The Labute approximate surface area is 159 Å². The second-order valence-corrected chi connectivity index (χ2v) is 7.81. The Balaban J connectivity index is 1.75. The summed E-state index contributed by atoms with van der Waals surface area (Å²) in [5.41, 5.74) is 2.50. The molecule has 0 N–H and O–H groups in total. The number of carbonyl (C=O) groups is 1. The maximum atomic E-state index is 13.1. The average Bonchev–Trinajstić information content (AvgIpc) is 3.35. The molecular formula is C18H18ClN3O3S. The van der Waals surface area contributed by atoms with Crippen LogP contribution >= 0.6 is 22.9 Å². The van der Waals surface area contributed by atoms with E-state index < -0.39 is 0 Å². The largest absolute Gasteiger partial charge is 0.376 e. The number of rotatable bonds is 4. The van der Waals surface area contributed by atoms with Gasteiger partial charge in [0.15, 0.2) is 5.13 Å². The lowest BCUT2D eigenvalue weighted by Crippen LogP contribution is -2.37. The van der Waals surface area contributed by atoms with Crippen molar-refractivity contribution in [1.29, 1.82) is 0 Å². The van der Waals surface area contributed by atoms with Crippen LogP contribution < -0.4 is 4.90 Å². The maximum Gasteiger partial charge on any atom is 0.298 e. The van der Waals surface area contributed by atoms with E-state index in [0.29, 0.717) is 22.4 Å². The van der Waals surface area contributed by atoms with Crippen LogP contribution in [0, 0.1) is 13.8 Å². The average molecular weight is 392 g/mol. The zero-order valence-corrected chi connectivity index (χ0v) is 16.1. The molecule has 136 valence electrons. The van der Waals surface area contributed by atoms with E-state index in [1.54, 1.807) is 17.9 Å². The zero-order chi connectivity index (χ0) is 18.3. The predicted octanol–water partition coefficient (Wildman–Crippen LogP) is 4.38. The molecule has 0 saturated carbocycles. The number of ether oxygens (including phenoxy) is 1. The van der Waals surface area contributed by atoms with Crippen molar-refractivity contribution < 1.29 is 14.1 Å². The number of aromatic nitrogens is 2. The van der Waals surface area contributed by atoms with Gasteiger partial charge in [-0.25, -0.2) is 4.98 Å². The van der Waals surface area contributed by atoms with E-state index in [0.717, 1.165) is 35.2 Å². The van der Waals surface area contributed by atoms with Crippen LogP contribution in [-0.4, -0.2) is 35.3 Å². The highest BCUT2D eigenvalue weighted by molar-refractivity contribution is 7.23. The molecule has 3 aromatic rings. The van der Waals surface area contributed by atoms with Crippen LogP contribution in [0.2, 0.25) is 5.02 Å². The molecule has 0 bridgehead atoms. The molecule has 1 aliphatic heterocycles. The number of thiazole rings is 1. The molecule has 1 unspecified atom stereocenters. The summed E-state index contributed by atoms with van der Waals surface area (Å²) in [6, 6.07) is 5.42. The van der Waals surface area contributed by atoms with Gasteiger partial charge in [0.05, 0.1) is 33.6 Å². The summed E-state index contributed by atoms with van der Waals surface area (Å²) in [6.07, 6.45) is 1.91. The first-order chi connectivity index (χ1) is 12.5. The van der Waals surface area contributed by atoms with Gasteiger partial charge in [-0.2, -0.15) is 0 Å². The van der Waals surface area contributed by atoms with Crippen molar-refractivity contribution in [2.24, 2.45) is 0 Å². The van der Waals surface area contributed by atoms with Gasteiger partial charge in [0.25, 0.3) is 5.91 Å². The highest BCUT2D eigenvalue weighted by Crippen LogP contribution is 2.36. The van der Waals surface area contributed by atoms with E-state index in [-0.39, 0.29) is 17.8 Å². The van der Waals surface area contributed by atoms with Gasteiger partial charge in [0, 0.05) is 12.7 Å². The molecular weight excluding hydrogens is 374 g/mol. The number of amides is 1. The minimum Gasteiger partial charge on any atom is -0.376 e. The molecule has 0 aliphatic carbocycles. The number of anilines is 1. The lowest BCUT2D eigenvalue weighted by atomic mass is 10.2. The van der Waals surface area contributed by atoms with E-state index in [9.17, 15) is 4.79 Å². The third kappa shape index (κ3) is 3.22. The van der Waals surface area contributed by atoms with Gasteiger partial charge < -0.3 is 9.26 Å². The molecule has 0 radical (unpaired) electrons. The van der Waals surface area contributed by atoms with E-state index in [4.69, 9.17) is 25.8 Å². The Morgan fingerprint density at radius 1 is 1.42 bits per heavy atom. The number of hydrogen-bond donors (Lipinski definition) is 0. The second kappa shape index (κ2) is 6.98. The van der Waals surface area contributed by atoms with Crippen molar-refractivity contribution in [1.82, 2.24) is 10.1 Å². The first-order valence-electron chi connectivity index (χ1n) is 8.45. The van der Waals surface area contributed by atoms with Gasteiger partial charge in [-0.1, -0.05) is 34.2 Å². The molecule has 0 spiro atoms. The quantitative estimate of drug-likeness (QED) is 0.660. The number of hydrogen-bond acceptors (Lipinski definition) is 6. The Morgan fingerprint density at radius 2 is 2.27 bits per heavy atom. The number of benzene rings is 1. The number of carbonyl (C=O) groups excluding carboxylic acids is 1. The van der Waals surface area contributed by atoms with Gasteiger partial charge >= 0.3 is 0 Å². The zero-order valence-electron chi connectivity index (χ0n) is 14.5. The minimum absolute atomic E-state index is 0.00782. The fourth-order valence-corrected chi connectivity index (χ4v) is 4.37. The molecule has 26 heavy (non-hydrogen) atoms. The molecule has 1 aliphatic rings. The summed E-state index contributed by atoms with van der Waals surface area (Å²) in [5.74, 6) is -0.0727. The van der Waals surface area contributed by atoms with Crippen LogP contribution in [0.25, 0.3) is 10.2 Å². The van der Waals surface area contributed by atoms with Crippen molar-refractivity contribution in [3.63, 3.8) is 0 Å². The van der Waals surface area contributed by atoms with E-state index >= 15 is 0 Å². The van der Waals surface area contributed by atoms with E-state index in [2.05, 4.69) is 5.16 Å². The Hall–Kier alpha value is -1.96. The molecule has 1 fully saturated rings. The third-order valence-electron chi connectivity index (χ3n) is 4.41. The Bertz CT molecular complexity index is 923. The van der Waals surface area contributed by atoms with Crippen LogP contribution in [0.1, 0.15) is 34.7 Å². The summed E-state index contributed by atoms with van der Waals surface area (Å²) >= 11 is 7.73. The molecule has 1 atom stereocenters. The lowest BCUT2D eigenvalue weighted by Gasteiger charge is -2.21. The molecule has 4 rings (SSSR count). The van der Waals surface area contributed by atoms with Gasteiger partial charge in [-0.05, 0) is 38.3 Å². The summed E-state index contributed by atoms with van der Waals surface area (Å²) < 4.78 is 11.8. The third-order valence-corrected chi connectivity index (χ3v) is 5.95. The number of aryl methyl sites for hydroxylation is 2. The fraction of sp³-hybridized carbons (Fsp3) is 0.389. The smallest absolute Gasteiger partial charge is 0.298 e. The van der Waals surface area contributed by atoms with Gasteiger partial charge in [0.1, 0.15) is 0 Å². The van der Waals surface area contributed by atoms with Crippen LogP contribution in [0.3, 0.4) is 0 Å². The fourth-order valence-electron chi connectivity index (χ4n) is 3.04. The van der Waals surface area contributed by atoms with Crippen LogP contribution in [0.5, 0.6) is 0 Å². The molecule has 6 nitrogen and oxygen atoms in total.